The van der Waals surface area contributed by atoms with Crippen LogP contribution in [0.2, 0.25) is 0 Å². The van der Waals surface area contributed by atoms with Crippen LogP contribution in [-0.4, -0.2) is 38.4 Å². The fourth-order valence-corrected chi connectivity index (χ4v) is 6.19. The van der Waals surface area contributed by atoms with Crippen molar-refractivity contribution in [2.24, 2.45) is 23.7 Å². The van der Waals surface area contributed by atoms with E-state index in [1.54, 1.807) is 12.1 Å². The maximum atomic E-state index is 12.9. The molecule has 28 heavy (non-hydrogen) atoms. The molecule has 4 saturated carbocycles. The molecule has 5 heteroatoms. The molecule has 0 heterocycles. The molecule has 4 aliphatic rings. The Balaban J connectivity index is 1.47. The molecule has 5 nitrogen and oxygen atoms in total. The van der Waals surface area contributed by atoms with Crippen LogP contribution in [0.3, 0.4) is 0 Å². The fourth-order valence-electron chi connectivity index (χ4n) is 6.19. The summed E-state index contributed by atoms with van der Waals surface area (Å²) < 4.78 is 17.4. The first-order valence-corrected chi connectivity index (χ1v) is 10.8. The molecule has 4 fully saturated rings. The van der Waals surface area contributed by atoms with Gasteiger partial charge in [0.25, 0.3) is 5.91 Å². The summed E-state index contributed by atoms with van der Waals surface area (Å²) in [6.45, 7) is 5.55. The van der Waals surface area contributed by atoms with Gasteiger partial charge in [-0.2, -0.15) is 0 Å². The highest BCUT2D eigenvalue weighted by Gasteiger charge is 2.57. The predicted octanol–water partition coefficient (Wildman–Crippen LogP) is 4.06. The number of nitrogens with one attached hydrogen (secondary N) is 1. The van der Waals surface area contributed by atoms with Crippen molar-refractivity contribution in [1.29, 1.82) is 0 Å². The summed E-state index contributed by atoms with van der Waals surface area (Å²) in [5, 5.41) is 3.18. The normalized spacial score (nSPS) is 33.0. The van der Waals surface area contributed by atoms with Crippen molar-refractivity contribution in [1.82, 2.24) is 5.32 Å². The van der Waals surface area contributed by atoms with E-state index in [2.05, 4.69) is 5.32 Å². The van der Waals surface area contributed by atoms with Gasteiger partial charge in [-0.15, -0.1) is 0 Å². The average molecular weight is 388 g/mol. The van der Waals surface area contributed by atoms with E-state index >= 15 is 0 Å². The fraction of sp³-hybridized carbons (Fsp3) is 0.696. The minimum Gasteiger partial charge on any atom is -0.490 e. The molecule has 0 unspecified atom stereocenters. The summed E-state index contributed by atoms with van der Waals surface area (Å²) in [4.78, 5) is 12.9. The van der Waals surface area contributed by atoms with Gasteiger partial charge in [0.05, 0.1) is 18.8 Å². The molecule has 0 atom stereocenters. The number of methoxy groups -OCH3 is 1. The quantitative estimate of drug-likeness (QED) is 0.731. The number of carbonyl (C=O) groups excluding carboxylic acids is 1. The maximum absolute atomic E-state index is 12.9. The van der Waals surface area contributed by atoms with Gasteiger partial charge in [0.1, 0.15) is 0 Å². The molecule has 4 aliphatic carbocycles. The Hall–Kier alpha value is -1.75. The molecule has 5 rings (SSSR count). The SMILES string of the molecule is CCOc1ccc(C(=O)NCC2(OC)C3CC4CC(C3)CC2C4)cc1OCC. The van der Waals surface area contributed by atoms with Crippen LogP contribution in [0.1, 0.15) is 56.3 Å². The van der Waals surface area contributed by atoms with Gasteiger partial charge in [-0.25, -0.2) is 0 Å². The number of carbonyl (C=O) groups is 1. The molecule has 0 aromatic heterocycles. The van der Waals surface area contributed by atoms with Gasteiger partial charge in [-0.05, 0) is 87.8 Å². The first-order chi connectivity index (χ1) is 13.6. The van der Waals surface area contributed by atoms with Crippen molar-refractivity contribution in [3.8, 4) is 11.5 Å². The van der Waals surface area contributed by atoms with Crippen LogP contribution >= 0.6 is 0 Å². The zero-order valence-electron chi connectivity index (χ0n) is 17.3. The lowest BCUT2D eigenvalue weighted by molar-refractivity contribution is -0.186. The number of benzene rings is 1. The van der Waals surface area contributed by atoms with Gasteiger partial charge < -0.3 is 19.5 Å². The molecule has 0 saturated heterocycles. The van der Waals surface area contributed by atoms with Gasteiger partial charge in [0.2, 0.25) is 0 Å². The van der Waals surface area contributed by atoms with Crippen LogP contribution in [0, 0.1) is 23.7 Å². The van der Waals surface area contributed by atoms with E-state index in [0.29, 0.717) is 48.7 Å². The van der Waals surface area contributed by atoms with Gasteiger partial charge >= 0.3 is 0 Å². The van der Waals surface area contributed by atoms with Gasteiger partial charge in [-0.3, -0.25) is 4.79 Å². The third-order valence-corrected chi connectivity index (χ3v) is 7.23. The van der Waals surface area contributed by atoms with Crippen LogP contribution in [-0.2, 0) is 4.74 Å². The average Bonchev–Trinajstić information content (AvgIpc) is 2.69. The standard InChI is InChI=1S/C23H33NO4/c1-4-27-20-7-6-17(13-21(20)28-5-2)22(25)24-14-23(26-3)18-9-15-8-16(11-18)12-19(23)10-15/h6-7,13,15-16,18-19H,4-5,8-12,14H2,1-3H3,(H,24,25). The Kier molecular flexibility index (Phi) is 5.55. The molecule has 154 valence electrons. The largest absolute Gasteiger partial charge is 0.490 e. The van der Waals surface area contributed by atoms with Crippen LogP contribution in [0.25, 0.3) is 0 Å². The predicted molar refractivity (Wildman–Crippen MR) is 108 cm³/mol. The monoisotopic (exact) mass is 387 g/mol. The van der Waals surface area contributed by atoms with E-state index in [9.17, 15) is 4.79 Å². The van der Waals surface area contributed by atoms with E-state index in [1.807, 2.05) is 27.0 Å². The van der Waals surface area contributed by atoms with Crippen LogP contribution in [0.5, 0.6) is 11.5 Å². The number of hydrogen-bond donors (Lipinski definition) is 1. The number of ether oxygens (including phenoxy) is 3. The zero-order chi connectivity index (χ0) is 19.7. The van der Waals surface area contributed by atoms with Crippen molar-refractivity contribution in [2.45, 2.75) is 51.6 Å². The second-order valence-electron chi connectivity index (χ2n) is 8.67. The molecule has 1 N–H and O–H groups in total. The van der Waals surface area contributed by atoms with E-state index in [4.69, 9.17) is 14.2 Å². The number of amides is 1. The summed E-state index contributed by atoms with van der Waals surface area (Å²) in [5.74, 6) is 4.13. The molecule has 1 aromatic carbocycles. The molecular formula is C23H33NO4. The highest BCUT2D eigenvalue weighted by Crippen LogP contribution is 2.59. The summed E-state index contributed by atoms with van der Waals surface area (Å²) in [5.41, 5.74) is 0.402. The molecule has 4 bridgehead atoms. The highest BCUT2D eigenvalue weighted by atomic mass is 16.5. The molecule has 0 aliphatic heterocycles. The Morgan fingerprint density at radius 3 is 2.18 bits per heavy atom. The summed E-state index contributed by atoms with van der Waals surface area (Å²) >= 11 is 0. The number of hydrogen-bond acceptors (Lipinski definition) is 4. The second kappa shape index (κ2) is 7.94. The van der Waals surface area contributed by atoms with Gasteiger partial charge in [0, 0.05) is 19.2 Å². The first-order valence-electron chi connectivity index (χ1n) is 10.8. The molecule has 0 spiro atoms. The third-order valence-electron chi connectivity index (χ3n) is 7.23. The van der Waals surface area contributed by atoms with Crippen LogP contribution in [0.15, 0.2) is 18.2 Å². The minimum absolute atomic E-state index is 0.0748. The number of rotatable bonds is 8. The van der Waals surface area contributed by atoms with Crippen LogP contribution in [0.4, 0.5) is 0 Å². The van der Waals surface area contributed by atoms with Crippen LogP contribution < -0.4 is 14.8 Å². The topological polar surface area (TPSA) is 56.8 Å². The Bertz CT molecular complexity index is 689. The van der Waals surface area contributed by atoms with Crippen molar-refractivity contribution >= 4 is 5.91 Å². The van der Waals surface area contributed by atoms with Gasteiger partial charge in [-0.1, -0.05) is 0 Å². The van der Waals surface area contributed by atoms with Crippen molar-refractivity contribution in [3.63, 3.8) is 0 Å². The molecule has 0 radical (unpaired) electrons. The smallest absolute Gasteiger partial charge is 0.251 e. The zero-order valence-corrected chi connectivity index (χ0v) is 17.3. The second-order valence-corrected chi connectivity index (χ2v) is 8.67. The molecule has 1 amide bonds. The Labute approximate surface area is 168 Å². The first kappa shape index (κ1) is 19.6. The lowest BCUT2D eigenvalue weighted by Gasteiger charge is -2.60. The van der Waals surface area contributed by atoms with E-state index in [-0.39, 0.29) is 11.5 Å². The van der Waals surface area contributed by atoms with Crippen molar-refractivity contribution in [3.05, 3.63) is 23.8 Å². The van der Waals surface area contributed by atoms with E-state index in [0.717, 1.165) is 11.8 Å². The maximum Gasteiger partial charge on any atom is 0.251 e. The van der Waals surface area contributed by atoms with E-state index < -0.39 is 0 Å². The van der Waals surface area contributed by atoms with E-state index in [1.165, 1.54) is 32.1 Å². The Morgan fingerprint density at radius 2 is 1.61 bits per heavy atom. The van der Waals surface area contributed by atoms with Gasteiger partial charge in [0.15, 0.2) is 11.5 Å². The summed E-state index contributed by atoms with van der Waals surface area (Å²) in [7, 11) is 1.83. The van der Waals surface area contributed by atoms with Crippen molar-refractivity contribution in [2.75, 3.05) is 26.9 Å². The molecular weight excluding hydrogens is 354 g/mol. The summed E-state index contributed by atoms with van der Waals surface area (Å²) in [6, 6.07) is 5.40. The van der Waals surface area contributed by atoms with Crippen molar-refractivity contribution < 1.29 is 19.0 Å². The lowest BCUT2D eigenvalue weighted by Crippen LogP contribution is -2.63. The Morgan fingerprint density at radius 1 is 1.00 bits per heavy atom. The highest BCUT2D eigenvalue weighted by molar-refractivity contribution is 5.95. The minimum atomic E-state index is -0.197. The molecule has 1 aromatic rings. The third kappa shape index (κ3) is 3.38. The summed E-state index contributed by atoms with van der Waals surface area (Å²) in [6.07, 6.45) is 6.44. The lowest BCUT2D eigenvalue weighted by atomic mass is 9.49.